The fraction of sp³-hybridized carbons (Fsp3) is 0.0769. The highest BCUT2D eigenvalue weighted by Gasteiger charge is 2.42. The first-order chi connectivity index (χ1) is 14.5. The fourth-order valence-corrected chi connectivity index (χ4v) is 4.39. The van der Waals surface area contributed by atoms with Crippen molar-refractivity contribution >= 4 is 22.5 Å². The fourth-order valence-electron chi connectivity index (χ4n) is 4.39. The zero-order chi connectivity index (χ0) is 20.9. The normalized spacial score (nSPS) is 17.4. The molecule has 146 valence electrons. The zero-order valence-corrected chi connectivity index (χ0v) is 16.0. The van der Waals surface area contributed by atoms with Crippen LogP contribution in [-0.4, -0.2) is 22.0 Å². The number of benzene rings is 4. The maximum atomic E-state index is 13.1. The Bertz CT molecular complexity index is 1340. The quantitative estimate of drug-likeness (QED) is 0.534. The molecule has 1 aliphatic rings. The molecule has 4 heteroatoms. The molecule has 0 saturated carbocycles. The first-order valence-electron chi connectivity index (χ1n) is 9.69. The van der Waals surface area contributed by atoms with Gasteiger partial charge in [0.1, 0.15) is 5.60 Å². The number of aromatic carboxylic acids is 1. The number of carboxylic acids is 1. The minimum atomic E-state index is -1.45. The van der Waals surface area contributed by atoms with Gasteiger partial charge in [0.25, 0.3) is 0 Å². The molecule has 30 heavy (non-hydrogen) atoms. The molecule has 4 aromatic carbocycles. The van der Waals surface area contributed by atoms with Crippen LogP contribution in [0.15, 0.2) is 84.9 Å². The lowest BCUT2D eigenvalue weighted by molar-refractivity contribution is 0.0687. The number of hydrogen-bond donors (Lipinski definition) is 2. The summed E-state index contributed by atoms with van der Waals surface area (Å²) < 4.78 is 0. The summed E-state index contributed by atoms with van der Waals surface area (Å²) in [5.74, 6) is -1.38. The largest absolute Gasteiger partial charge is 0.478 e. The van der Waals surface area contributed by atoms with E-state index in [1.807, 2.05) is 42.5 Å². The summed E-state index contributed by atoms with van der Waals surface area (Å²) in [5, 5.41) is 23.5. The van der Waals surface area contributed by atoms with Crippen molar-refractivity contribution in [1.29, 1.82) is 0 Å². The molecule has 0 bridgehead atoms. The van der Waals surface area contributed by atoms with Gasteiger partial charge in [-0.15, -0.1) is 0 Å². The van der Waals surface area contributed by atoms with E-state index in [1.54, 1.807) is 30.3 Å². The highest BCUT2D eigenvalue weighted by atomic mass is 16.4. The van der Waals surface area contributed by atoms with Gasteiger partial charge in [0.2, 0.25) is 0 Å². The standard InChI is InChI=1S/C26H18O4/c27-24-20-7-3-4-8-22(20)26(30,23-12-11-19(25(28)29)14-21(23)24)15-16-9-10-17-5-1-2-6-18(17)13-16/h1-14,30H,15H2,(H,28,29). The van der Waals surface area contributed by atoms with Crippen LogP contribution in [0.3, 0.4) is 0 Å². The highest BCUT2D eigenvalue weighted by Crippen LogP contribution is 2.42. The number of carboxylic acid groups (broad SMARTS) is 1. The van der Waals surface area contributed by atoms with E-state index < -0.39 is 11.6 Å². The number of carbonyl (C=O) groups excluding carboxylic acids is 1. The lowest BCUT2D eigenvalue weighted by Crippen LogP contribution is -2.37. The Morgan fingerprint density at radius 3 is 2.27 bits per heavy atom. The Morgan fingerprint density at radius 1 is 0.767 bits per heavy atom. The molecule has 0 heterocycles. The van der Waals surface area contributed by atoms with Crippen molar-refractivity contribution < 1.29 is 19.8 Å². The van der Waals surface area contributed by atoms with Crippen molar-refractivity contribution in [2.24, 2.45) is 0 Å². The van der Waals surface area contributed by atoms with Gasteiger partial charge < -0.3 is 10.2 Å². The molecule has 4 aromatic rings. The number of aliphatic hydroxyl groups is 1. The molecule has 0 fully saturated rings. The summed E-state index contributed by atoms with van der Waals surface area (Å²) in [5.41, 5.74) is 1.11. The van der Waals surface area contributed by atoms with Crippen LogP contribution in [0.25, 0.3) is 10.8 Å². The van der Waals surface area contributed by atoms with Crippen LogP contribution in [0.2, 0.25) is 0 Å². The van der Waals surface area contributed by atoms with Crippen molar-refractivity contribution in [2.75, 3.05) is 0 Å². The Hall–Kier alpha value is -3.76. The van der Waals surface area contributed by atoms with Gasteiger partial charge in [0.05, 0.1) is 5.56 Å². The third-order valence-electron chi connectivity index (χ3n) is 5.85. The molecule has 1 atom stereocenters. The van der Waals surface area contributed by atoms with E-state index in [4.69, 9.17) is 0 Å². The van der Waals surface area contributed by atoms with Crippen LogP contribution in [0, 0.1) is 0 Å². The molecule has 0 radical (unpaired) electrons. The third-order valence-corrected chi connectivity index (χ3v) is 5.85. The van der Waals surface area contributed by atoms with E-state index in [0.717, 1.165) is 16.3 Å². The van der Waals surface area contributed by atoms with Crippen LogP contribution >= 0.6 is 0 Å². The lowest BCUT2D eigenvalue weighted by atomic mass is 9.71. The average molecular weight is 394 g/mol. The molecular weight excluding hydrogens is 376 g/mol. The predicted octanol–water partition coefficient (Wildman–Crippen LogP) is 4.56. The van der Waals surface area contributed by atoms with Gasteiger partial charge in [0.15, 0.2) is 5.78 Å². The molecule has 2 N–H and O–H groups in total. The summed E-state index contributed by atoms with van der Waals surface area (Å²) in [7, 11) is 0. The van der Waals surface area contributed by atoms with Gasteiger partial charge in [0, 0.05) is 17.5 Å². The second kappa shape index (κ2) is 6.65. The summed E-state index contributed by atoms with van der Waals surface area (Å²) in [6.07, 6.45) is 0.265. The first kappa shape index (κ1) is 18.3. The Morgan fingerprint density at radius 2 is 1.47 bits per heavy atom. The molecule has 0 aliphatic heterocycles. The molecule has 0 spiro atoms. The smallest absolute Gasteiger partial charge is 0.335 e. The molecule has 0 aromatic heterocycles. The Balaban J connectivity index is 1.70. The van der Waals surface area contributed by atoms with E-state index in [0.29, 0.717) is 16.7 Å². The van der Waals surface area contributed by atoms with Crippen molar-refractivity contribution in [3.05, 3.63) is 118 Å². The average Bonchev–Trinajstić information content (AvgIpc) is 2.77. The van der Waals surface area contributed by atoms with E-state index >= 15 is 0 Å². The zero-order valence-electron chi connectivity index (χ0n) is 16.0. The minimum Gasteiger partial charge on any atom is -0.478 e. The number of fused-ring (bicyclic) bond motifs is 3. The summed E-state index contributed by atoms with van der Waals surface area (Å²) in [4.78, 5) is 24.5. The monoisotopic (exact) mass is 394 g/mol. The van der Waals surface area contributed by atoms with Gasteiger partial charge in [-0.1, -0.05) is 72.8 Å². The molecule has 0 saturated heterocycles. The van der Waals surface area contributed by atoms with Crippen LogP contribution in [0.4, 0.5) is 0 Å². The molecular formula is C26H18O4. The second-order valence-corrected chi connectivity index (χ2v) is 7.66. The maximum Gasteiger partial charge on any atom is 0.335 e. The van der Waals surface area contributed by atoms with E-state index in [9.17, 15) is 19.8 Å². The van der Waals surface area contributed by atoms with Crippen LogP contribution in [-0.2, 0) is 12.0 Å². The number of ketones is 1. The van der Waals surface area contributed by atoms with Gasteiger partial charge >= 0.3 is 5.97 Å². The number of carbonyl (C=O) groups is 2. The molecule has 4 nitrogen and oxygen atoms in total. The summed E-state index contributed by atoms with van der Waals surface area (Å²) in [6, 6.07) is 25.4. The maximum absolute atomic E-state index is 13.1. The minimum absolute atomic E-state index is 0.0227. The van der Waals surface area contributed by atoms with E-state index in [-0.39, 0.29) is 23.3 Å². The van der Waals surface area contributed by atoms with Crippen LogP contribution in [0.1, 0.15) is 43.0 Å². The first-order valence-corrected chi connectivity index (χ1v) is 9.69. The van der Waals surface area contributed by atoms with Gasteiger partial charge in [-0.05, 0) is 39.6 Å². The van der Waals surface area contributed by atoms with Gasteiger partial charge in [-0.3, -0.25) is 4.79 Å². The molecule has 5 rings (SSSR count). The lowest BCUT2D eigenvalue weighted by Gasteiger charge is -2.36. The topological polar surface area (TPSA) is 74.6 Å². The molecule has 1 unspecified atom stereocenters. The Labute approximate surface area is 173 Å². The Kier molecular flexibility index (Phi) is 4.05. The summed E-state index contributed by atoms with van der Waals surface area (Å²) in [6.45, 7) is 0. The highest BCUT2D eigenvalue weighted by molar-refractivity contribution is 6.13. The number of rotatable bonds is 3. The van der Waals surface area contributed by atoms with Crippen LogP contribution < -0.4 is 0 Å². The molecule has 0 amide bonds. The molecule has 1 aliphatic carbocycles. The van der Waals surface area contributed by atoms with E-state index in [2.05, 4.69) is 0 Å². The van der Waals surface area contributed by atoms with Gasteiger partial charge in [-0.25, -0.2) is 4.79 Å². The van der Waals surface area contributed by atoms with Crippen molar-refractivity contribution in [2.45, 2.75) is 12.0 Å². The van der Waals surface area contributed by atoms with Gasteiger partial charge in [-0.2, -0.15) is 0 Å². The van der Waals surface area contributed by atoms with E-state index in [1.165, 1.54) is 12.1 Å². The summed E-state index contributed by atoms with van der Waals surface area (Å²) >= 11 is 0. The van der Waals surface area contributed by atoms with Crippen LogP contribution in [0.5, 0.6) is 0 Å². The number of hydrogen-bond acceptors (Lipinski definition) is 3. The predicted molar refractivity (Wildman–Crippen MR) is 114 cm³/mol. The van der Waals surface area contributed by atoms with Crippen molar-refractivity contribution in [1.82, 2.24) is 0 Å². The second-order valence-electron chi connectivity index (χ2n) is 7.66. The van der Waals surface area contributed by atoms with Crippen molar-refractivity contribution in [3.63, 3.8) is 0 Å². The third kappa shape index (κ3) is 2.73. The SMILES string of the molecule is O=C(O)c1ccc2c(c1)C(=O)c1ccccc1C2(O)Cc1ccc2ccccc2c1. The van der Waals surface area contributed by atoms with Crippen molar-refractivity contribution in [3.8, 4) is 0 Å².